The predicted molar refractivity (Wildman–Crippen MR) is 107 cm³/mol. The van der Waals surface area contributed by atoms with Gasteiger partial charge in [0.25, 0.3) is 0 Å². The summed E-state index contributed by atoms with van der Waals surface area (Å²) in [5.74, 6) is -0.376. The highest BCUT2D eigenvalue weighted by molar-refractivity contribution is 8.00. The molecule has 3 N–H and O–H groups in total. The molecule has 2 aromatic carbocycles. The molecule has 3 aromatic rings. The first kappa shape index (κ1) is 19.0. The fourth-order valence-corrected chi connectivity index (χ4v) is 3.48. The Hall–Kier alpha value is -2.80. The van der Waals surface area contributed by atoms with Gasteiger partial charge >= 0.3 is 5.97 Å². The Morgan fingerprint density at radius 1 is 1.15 bits per heavy atom. The molecule has 0 aliphatic heterocycles. The van der Waals surface area contributed by atoms with E-state index in [0.717, 1.165) is 22.4 Å². The SMILES string of the molecule is CC(SCC(=O)N[C@H](Cc1ccccc1)C(=O)O)c1nc2ccccc2[nH]1. The van der Waals surface area contributed by atoms with E-state index in [2.05, 4.69) is 15.3 Å². The molecule has 140 valence electrons. The van der Waals surface area contributed by atoms with Crippen LogP contribution in [-0.2, 0) is 16.0 Å². The minimum absolute atomic E-state index is 0.0134. The van der Waals surface area contributed by atoms with Gasteiger partial charge in [0.15, 0.2) is 0 Å². The monoisotopic (exact) mass is 383 g/mol. The lowest BCUT2D eigenvalue weighted by atomic mass is 10.1. The van der Waals surface area contributed by atoms with E-state index in [0.29, 0.717) is 0 Å². The molecule has 1 heterocycles. The molecular formula is C20H21N3O3S. The lowest BCUT2D eigenvalue weighted by Crippen LogP contribution is -2.43. The number of nitrogens with zero attached hydrogens (tertiary/aromatic N) is 1. The number of rotatable bonds is 8. The van der Waals surface area contributed by atoms with Crippen LogP contribution in [0.25, 0.3) is 11.0 Å². The standard InChI is InChI=1S/C20H21N3O3S/c1-13(19-22-15-9-5-6-10-16(15)23-19)27-12-18(24)21-17(20(25)26)11-14-7-3-2-4-8-14/h2-10,13,17H,11-12H2,1H3,(H,21,24)(H,22,23)(H,25,26)/t13?,17-/m1/s1. The van der Waals surface area contributed by atoms with Crippen LogP contribution in [0.4, 0.5) is 0 Å². The van der Waals surface area contributed by atoms with E-state index in [4.69, 9.17) is 0 Å². The zero-order valence-corrected chi connectivity index (χ0v) is 15.7. The van der Waals surface area contributed by atoms with Crippen molar-refractivity contribution >= 4 is 34.7 Å². The molecule has 1 unspecified atom stereocenters. The molecule has 0 saturated carbocycles. The van der Waals surface area contributed by atoms with Crippen LogP contribution in [-0.4, -0.2) is 38.7 Å². The molecule has 0 bridgehead atoms. The van der Waals surface area contributed by atoms with Crippen molar-refractivity contribution in [2.75, 3.05) is 5.75 Å². The predicted octanol–water partition coefficient (Wildman–Crippen LogP) is 3.17. The van der Waals surface area contributed by atoms with Crippen LogP contribution in [0.3, 0.4) is 0 Å². The molecule has 6 nitrogen and oxygen atoms in total. The molecule has 0 radical (unpaired) electrons. The number of hydrogen-bond donors (Lipinski definition) is 3. The maximum atomic E-state index is 12.2. The van der Waals surface area contributed by atoms with Crippen molar-refractivity contribution in [3.05, 3.63) is 66.0 Å². The highest BCUT2D eigenvalue weighted by Gasteiger charge is 2.21. The van der Waals surface area contributed by atoms with Gasteiger partial charge in [-0.1, -0.05) is 42.5 Å². The van der Waals surface area contributed by atoms with Crippen LogP contribution >= 0.6 is 11.8 Å². The van der Waals surface area contributed by atoms with Crippen molar-refractivity contribution < 1.29 is 14.7 Å². The number of amides is 1. The fourth-order valence-electron chi connectivity index (χ4n) is 2.73. The summed E-state index contributed by atoms with van der Waals surface area (Å²) in [6, 6.07) is 16.1. The van der Waals surface area contributed by atoms with Gasteiger partial charge in [-0.05, 0) is 24.6 Å². The smallest absolute Gasteiger partial charge is 0.326 e. The number of benzene rings is 2. The molecular weight excluding hydrogens is 362 g/mol. The Kier molecular flexibility index (Phi) is 6.13. The molecule has 27 heavy (non-hydrogen) atoms. The Morgan fingerprint density at radius 2 is 1.85 bits per heavy atom. The van der Waals surface area contributed by atoms with Gasteiger partial charge in [0.05, 0.1) is 22.0 Å². The lowest BCUT2D eigenvalue weighted by molar-refractivity contribution is -0.141. The Bertz CT molecular complexity index is 893. The molecule has 0 saturated heterocycles. The number of aromatic nitrogens is 2. The first-order chi connectivity index (χ1) is 13.0. The molecule has 1 aromatic heterocycles. The molecule has 0 aliphatic rings. The van der Waals surface area contributed by atoms with E-state index in [1.165, 1.54) is 11.8 Å². The summed E-state index contributed by atoms with van der Waals surface area (Å²) in [6.07, 6.45) is 0.256. The second-order valence-corrected chi connectivity index (χ2v) is 7.57. The van der Waals surface area contributed by atoms with Gasteiger partial charge in [-0.3, -0.25) is 4.79 Å². The topological polar surface area (TPSA) is 95.1 Å². The first-order valence-electron chi connectivity index (χ1n) is 8.65. The number of hydrogen-bond acceptors (Lipinski definition) is 4. The molecule has 0 spiro atoms. The zero-order chi connectivity index (χ0) is 19.2. The van der Waals surface area contributed by atoms with E-state index in [9.17, 15) is 14.7 Å². The van der Waals surface area contributed by atoms with Gasteiger partial charge in [-0.25, -0.2) is 9.78 Å². The zero-order valence-electron chi connectivity index (χ0n) is 14.9. The number of aliphatic carboxylic acids is 1. The van der Waals surface area contributed by atoms with Crippen LogP contribution in [0, 0.1) is 0 Å². The molecule has 1 amide bonds. The average Bonchev–Trinajstić information content (AvgIpc) is 3.10. The number of aromatic amines is 1. The van der Waals surface area contributed by atoms with Crippen molar-refractivity contribution in [2.45, 2.75) is 24.6 Å². The number of para-hydroxylation sites is 2. The van der Waals surface area contributed by atoms with Crippen molar-refractivity contribution in [3.63, 3.8) is 0 Å². The molecule has 7 heteroatoms. The van der Waals surface area contributed by atoms with Crippen LogP contribution in [0.2, 0.25) is 0 Å². The summed E-state index contributed by atoms with van der Waals surface area (Å²) in [6.45, 7) is 1.97. The van der Waals surface area contributed by atoms with Crippen molar-refractivity contribution in [3.8, 4) is 0 Å². The quantitative estimate of drug-likeness (QED) is 0.555. The summed E-state index contributed by atoms with van der Waals surface area (Å²) in [5.41, 5.74) is 2.71. The minimum atomic E-state index is -1.04. The number of H-pyrrole nitrogens is 1. The Balaban J connectivity index is 1.55. The fraction of sp³-hybridized carbons (Fsp3) is 0.250. The normalized spacial score (nSPS) is 13.2. The maximum absolute atomic E-state index is 12.2. The van der Waals surface area contributed by atoms with Gasteiger partial charge in [0.1, 0.15) is 11.9 Å². The third-order valence-corrected chi connectivity index (χ3v) is 5.33. The summed E-state index contributed by atoms with van der Waals surface area (Å²) in [5, 5.41) is 12.0. The molecule has 2 atom stereocenters. The summed E-state index contributed by atoms with van der Waals surface area (Å²) in [4.78, 5) is 31.5. The number of carboxylic acid groups (broad SMARTS) is 1. The number of nitrogens with one attached hydrogen (secondary N) is 2. The second kappa shape index (κ2) is 8.73. The van der Waals surface area contributed by atoms with Gasteiger partial charge < -0.3 is 15.4 Å². The molecule has 0 fully saturated rings. The number of imidazole rings is 1. The summed E-state index contributed by atoms with van der Waals surface area (Å²) in [7, 11) is 0. The minimum Gasteiger partial charge on any atom is -0.480 e. The van der Waals surface area contributed by atoms with E-state index >= 15 is 0 Å². The number of thioether (sulfide) groups is 1. The highest BCUT2D eigenvalue weighted by Crippen LogP contribution is 2.27. The highest BCUT2D eigenvalue weighted by atomic mass is 32.2. The third-order valence-electron chi connectivity index (χ3n) is 4.17. The van der Waals surface area contributed by atoms with Gasteiger partial charge in [-0.2, -0.15) is 0 Å². The number of carboxylic acids is 1. The van der Waals surface area contributed by atoms with Gasteiger partial charge in [-0.15, -0.1) is 11.8 Å². The van der Waals surface area contributed by atoms with E-state index in [-0.39, 0.29) is 23.3 Å². The van der Waals surface area contributed by atoms with E-state index in [1.54, 1.807) is 0 Å². The van der Waals surface area contributed by atoms with Crippen LogP contribution in [0.1, 0.15) is 23.6 Å². The number of carbonyl (C=O) groups is 2. The van der Waals surface area contributed by atoms with Crippen molar-refractivity contribution in [2.24, 2.45) is 0 Å². The Labute approximate surface area is 161 Å². The average molecular weight is 383 g/mol. The lowest BCUT2D eigenvalue weighted by Gasteiger charge is -2.15. The largest absolute Gasteiger partial charge is 0.480 e. The van der Waals surface area contributed by atoms with Crippen LogP contribution in [0.15, 0.2) is 54.6 Å². The maximum Gasteiger partial charge on any atom is 0.326 e. The summed E-state index contributed by atoms with van der Waals surface area (Å²) < 4.78 is 0. The second-order valence-electron chi connectivity index (χ2n) is 6.24. The van der Waals surface area contributed by atoms with E-state index < -0.39 is 12.0 Å². The third kappa shape index (κ3) is 5.10. The first-order valence-corrected chi connectivity index (χ1v) is 9.70. The van der Waals surface area contributed by atoms with Crippen LogP contribution < -0.4 is 5.32 Å². The van der Waals surface area contributed by atoms with E-state index in [1.807, 2.05) is 61.5 Å². The van der Waals surface area contributed by atoms with Crippen LogP contribution in [0.5, 0.6) is 0 Å². The van der Waals surface area contributed by atoms with Crippen molar-refractivity contribution in [1.82, 2.24) is 15.3 Å². The Morgan fingerprint density at radius 3 is 2.56 bits per heavy atom. The van der Waals surface area contributed by atoms with Gasteiger partial charge in [0.2, 0.25) is 5.91 Å². The van der Waals surface area contributed by atoms with Crippen molar-refractivity contribution in [1.29, 1.82) is 0 Å². The summed E-state index contributed by atoms with van der Waals surface area (Å²) >= 11 is 1.41. The number of fused-ring (bicyclic) bond motifs is 1. The molecule has 0 aliphatic carbocycles. The number of carbonyl (C=O) groups excluding carboxylic acids is 1. The molecule has 3 rings (SSSR count). The van der Waals surface area contributed by atoms with Gasteiger partial charge in [0, 0.05) is 6.42 Å².